The maximum Gasteiger partial charge on any atom is 0.341 e. The van der Waals surface area contributed by atoms with Gasteiger partial charge in [0.1, 0.15) is 10.0 Å². The van der Waals surface area contributed by atoms with Crippen molar-refractivity contribution in [2.45, 2.75) is 65.5 Å². The fourth-order valence-corrected chi connectivity index (χ4v) is 7.85. The maximum atomic E-state index is 13.1. The van der Waals surface area contributed by atoms with E-state index in [1.807, 2.05) is 30.4 Å². The molecule has 4 heterocycles. The van der Waals surface area contributed by atoms with Crippen LogP contribution < -0.4 is 10.6 Å². The number of thiophene rings is 2. The Morgan fingerprint density at radius 1 is 1.00 bits per heavy atom. The first-order valence-corrected chi connectivity index (χ1v) is 14.6. The Labute approximate surface area is 220 Å². The number of hydrogen-bond donors (Lipinski definition) is 2. The molecule has 0 atom stereocenters. The molecule has 9 heteroatoms. The van der Waals surface area contributed by atoms with Gasteiger partial charge in [-0.1, -0.05) is 13.3 Å². The Morgan fingerprint density at radius 3 is 2.58 bits per heavy atom. The van der Waals surface area contributed by atoms with E-state index in [2.05, 4.69) is 39.4 Å². The van der Waals surface area contributed by atoms with Crippen LogP contribution in [0.25, 0.3) is 5.00 Å². The molecule has 0 saturated heterocycles. The van der Waals surface area contributed by atoms with Gasteiger partial charge in [0, 0.05) is 47.3 Å². The molecule has 36 heavy (non-hydrogen) atoms. The molecule has 1 aliphatic carbocycles. The van der Waals surface area contributed by atoms with E-state index in [1.54, 1.807) is 0 Å². The summed E-state index contributed by atoms with van der Waals surface area (Å²) in [5.41, 5.74) is 4.16. The molecule has 5 rings (SSSR count). The molecule has 0 aromatic carbocycles. The number of ether oxygens (including phenoxy) is 1. The number of carbonyl (C=O) groups excluding carboxylic acids is 2. The van der Waals surface area contributed by atoms with Crippen molar-refractivity contribution >= 4 is 39.7 Å². The number of carbonyl (C=O) groups is 2. The van der Waals surface area contributed by atoms with Crippen molar-refractivity contribution < 1.29 is 14.3 Å². The number of hydrogen-bond acceptors (Lipinski definition) is 6. The van der Waals surface area contributed by atoms with Crippen LogP contribution >= 0.6 is 22.7 Å². The lowest BCUT2D eigenvalue weighted by molar-refractivity contribution is 0.0527. The molecule has 0 radical (unpaired) electrons. The predicted octanol–water partition coefficient (Wildman–Crippen LogP) is 5.75. The number of nitrogens with zero attached hydrogens (tertiary/aromatic N) is 2. The second kappa shape index (κ2) is 11.2. The van der Waals surface area contributed by atoms with Gasteiger partial charge in [-0.05, 0) is 68.8 Å². The number of likely N-dealkylation sites (N-methyl/N-ethyl adjacent to an activating group) is 1. The Kier molecular flexibility index (Phi) is 7.79. The zero-order chi connectivity index (χ0) is 25.1. The monoisotopic (exact) mass is 526 g/mol. The summed E-state index contributed by atoms with van der Waals surface area (Å²) in [6.07, 6.45) is 10.3. The van der Waals surface area contributed by atoms with Crippen LogP contribution in [0.15, 0.2) is 24.5 Å². The number of aromatic nitrogens is 1. The molecular weight excluding hydrogens is 492 g/mol. The van der Waals surface area contributed by atoms with Crippen molar-refractivity contribution in [1.29, 1.82) is 0 Å². The van der Waals surface area contributed by atoms with Crippen molar-refractivity contribution in [1.82, 2.24) is 14.8 Å². The smallest absolute Gasteiger partial charge is 0.341 e. The average Bonchev–Trinajstić information content (AvgIpc) is 3.56. The molecule has 0 fully saturated rings. The first-order chi connectivity index (χ1) is 17.6. The van der Waals surface area contributed by atoms with Crippen molar-refractivity contribution in [2.75, 3.05) is 25.0 Å². The maximum absolute atomic E-state index is 13.1. The van der Waals surface area contributed by atoms with Crippen LogP contribution in [-0.2, 0) is 37.1 Å². The third kappa shape index (κ3) is 5.10. The SMILES string of the molecule is CCOC(=O)c1c(NC(=O)NCc2c(-n3cccc3)sc3c2CCN(CC)C3)sc2c1CCCCC2. The van der Waals surface area contributed by atoms with Gasteiger partial charge in [-0.15, -0.1) is 22.7 Å². The molecule has 2 N–H and O–H groups in total. The minimum Gasteiger partial charge on any atom is -0.462 e. The number of rotatable bonds is 7. The van der Waals surface area contributed by atoms with Gasteiger partial charge in [0.25, 0.3) is 0 Å². The molecule has 2 amide bonds. The Balaban J connectivity index is 1.36. The van der Waals surface area contributed by atoms with Gasteiger partial charge < -0.3 is 14.6 Å². The van der Waals surface area contributed by atoms with E-state index in [0.29, 0.717) is 23.7 Å². The van der Waals surface area contributed by atoms with E-state index in [9.17, 15) is 9.59 Å². The quantitative estimate of drug-likeness (QED) is 0.304. The largest absolute Gasteiger partial charge is 0.462 e. The van der Waals surface area contributed by atoms with E-state index in [4.69, 9.17) is 4.74 Å². The molecule has 0 bridgehead atoms. The molecule has 0 saturated carbocycles. The molecular formula is C27H34N4O3S2. The van der Waals surface area contributed by atoms with Crippen molar-refractivity contribution in [3.8, 4) is 5.00 Å². The summed E-state index contributed by atoms with van der Waals surface area (Å²) in [7, 11) is 0. The van der Waals surface area contributed by atoms with Crippen molar-refractivity contribution in [2.24, 2.45) is 0 Å². The third-order valence-corrected chi connectivity index (χ3v) is 9.54. The average molecular weight is 527 g/mol. The number of amides is 2. The minimum absolute atomic E-state index is 0.290. The lowest BCUT2D eigenvalue weighted by Crippen LogP contribution is -2.31. The summed E-state index contributed by atoms with van der Waals surface area (Å²) >= 11 is 3.34. The minimum atomic E-state index is -0.338. The number of esters is 1. The summed E-state index contributed by atoms with van der Waals surface area (Å²) in [5.74, 6) is -0.338. The summed E-state index contributed by atoms with van der Waals surface area (Å²) in [5, 5.41) is 7.85. The van der Waals surface area contributed by atoms with Gasteiger partial charge >= 0.3 is 12.0 Å². The molecule has 0 spiro atoms. The molecule has 7 nitrogen and oxygen atoms in total. The van der Waals surface area contributed by atoms with E-state index in [1.165, 1.54) is 37.2 Å². The number of anilines is 1. The first kappa shape index (κ1) is 25.0. The van der Waals surface area contributed by atoms with Crippen LogP contribution in [0.1, 0.15) is 69.9 Å². The van der Waals surface area contributed by atoms with E-state index < -0.39 is 0 Å². The second-order valence-electron chi connectivity index (χ2n) is 9.29. The Morgan fingerprint density at radius 2 is 1.81 bits per heavy atom. The van der Waals surface area contributed by atoms with Crippen LogP contribution in [0, 0.1) is 0 Å². The highest BCUT2D eigenvalue weighted by molar-refractivity contribution is 7.17. The summed E-state index contributed by atoms with van der Waals surface area (Å²) in [4.78, 5) is 31.0. The zero-order valence-electron chi connectivity index (χ0n) is 21.0. The molecule has 2 aliphatic rings. The van der Waals surface area contributed by atoms with Gasteiger partial charge in [0.05, 0.1) is 12.2 Å². The number of urea groups is 1. The second-order valence-corrected chi connectivity index (χ2v) is 11.5. The first-order valence-electron chi connectivity index (χ1n) is 12.9. The standard InChI is InChI=1S/C27H34N4O3S2/c1-3-30-15-12-18-20(25(36-22(18)17-30)31-13-8-9-14-31)16-28-27(33)29-24-23(26(32)34-4-2)19-10-6-5-7-11-21(19)35-24/h8-9,13-14H,3-7,10-12,15-17H2,1-2H3,(H2,28,29,33). The van der Waals surface area contributed by atoms with Crippen LogP contribution in [0.5, 0.6) is 0 Å². The fraction of sp³-hybridized carbons (Fsp3) is 0.481. The van der Waals surface area contributed by atoms with E-state index >= 15 is 0 Å². The topological polar surface area (TPSA) is 75.6 Å². The van der Waals surface area contributed by atoms with Crippen molar-refractivity contribution in [3.63, 3.8) is 0 Å². The highest BCUT2D eigenvalue weighted by Crippen LogP contribution is 2.38. The van der Waals surface area contributed by atoms with Gasteiger partial charge in [0.15, 0.2) is 0 Å². The molecule has 192 valence electrons. The Bertz CT molecular complexity index is 1230. The van der Waals surface area contributed by atoms with Crippen LogP contribution in [-0.4, -0.2) is 41.2 Å². The zero-order valence-corrected chi connectivity index (χ0v) is 22.7. The highest BCUT2D eigenvalue weighted by atomic mass is 32.1. The van der Waals surface area contributed by atoms with Crippen LogP contribution in [0.3, 0.4) is 0 Å². The van der Waals surface area contributed by atoms with Gasteiger partial charge in [0.2, 0.25) is 0 Å². The van der Waals surface area contributed by atoms with E-state index in [-0.39, 0.29) is 12.0 Å². The van der Waals surface area contributed by atoms with Gasteiger partial charge in [-0.3, -0.25) is 10.2 Å². The van der Waals surface area contributed by atoms with Crippen molar-refractivity contribution in [3.05, 3.63) is 56.5 Å². The lowest BCUT2D eigenvalue weighted by atomic mass is 10.0. The fourth-order valence-electron chi connectivity index (χ4n) is 5.20. The normalized spacial score (nSPS) is 15.6. The molecule has 3 aromatic rings. The highest BCUT2D eigenvalue weighted by Gasteiger charge is 2.28. The molecule has 0 unspecified atom stereocenters. The number of fused-ring (bicyclic) bond motifs is 2. The molecule has 1 aliphatic heterocycles. The van der Waals surface area contributed by atoms with Crippen LogP contribution in [0.4, 0.5) is 9.80 Å². The summed E-state index contributed by atoms with van der Waals surface area (Å²) < 4.78 is 7.50. The predicted molar refractivity (Wildman–Crippen MR) is 146 cm³/mol. The van der Waals surface area contributed by atoms with Gasteiger partial charge in [-0.25, -0.2) is 9.59 Å². The van der Waals surface area contributed by atoms with Crippen LogP contribution in [0.2, 0.25) is 0 Å². The lowest BCUT2D eigenvalue weighted by Gasteiger charge is -2.25. The van der Waals surface area contributed by atoms with E-state index in [0.717, 1.165) is 63.7 Å². The Hall–Kier alpha value is -2.62. The molecule has 3 aromatic heterocycles. The third-order valence-electron chi connectivity index (χ3n) is 7.06. The summed E-state index contributed by atoms with van der Waals surface area (Å²) in [6.45, 7) is 7.81. The number of aryl methyl sites for hydroxylation is 1. The summed E-state index contributed by atoms with van der Waals surface area (Å²) in [6, 6.07) is 3.76. The van der Waals surface area contributed by atoms with Gasteiger partial charge in [-0.2, -0.15) is 0 Å². The number of nitrogens with one attached hydrogen (secondary N) is 2.